The second kappa shape index (κ2) is 8.38. The first-order valence-electron chi connectivity index (χ1n) is 9.08. The lowest BCUT2D eigenvalue weighted by Crippen LogP contribution is -2.30. The Morgan fingerprint density at radius 3 is 2.03 bits per heavy atom. The van der Waals surface area contributed by atoms with Gasteiger partial charge in [0.15, 0.2) is 0 Å². The third-order valence-corrected chi connectivity index (χ3v) is 5.65. The van der Waals surface area contributed by atoms with Crippen LogP contribution in [0.2, 0.25) is 0 Å². The maximum Gasteiger partial charge on any atom is 0.247 e. The lowest BCUT2D eigenvalue weighted by Gasteiger charge is -2.16. The van der Waals surface area contributed by atoms with Crippen molar-refractivity contribution in [2.24, 2.45) is 0 Å². The first-order valence-corrected chi connectivity index (χ1v) is 10.7. The summed E-state index contributed by atoms with van der Waals surface area (Å²) in [6.45, 7) is 0. The molecule has 0 fully saturated rings. The molecule has 0 bridgehead atoms. The van der Waals surface area contributed by atoms with E-state index >= 15 is 0 Å². The molecule has 0 spiro atoms. The van der Waals surface area contributed by atoms with Gasteiger partial charge < -0.3 is 4.42 Å². The summed E-state index contributed by atoms with van der Waals surface area (Å²) in [7, 11) is -3.66. The minimum atomic E-state index is -3.66. The van der Waals surface area contributed by atoms with Crippen molar-refractivity contribution in [3.8, 4) is 11.5 Å². The standard InChI is InChI=1S/C22H19N3O3S/c26-29(27,16-17-10-4-1-5-11-17)25-20(18-12-6-2-7-13-18)22-24-23-21(28-22)19-14-8-3-9-15-19/h1-15,20,25H,16H2. The summed E-state index contributed by atoms with van der Waals surface area (Å²) in [5.74, 6) is 0.382. The van der Waals surface area contributed by atoms with Crippen LogP contribution in [0.4, 0.5) is 0 Å². The molecule has 1 aromatic heterocycles. The van der Waals surface area contributed by atoms with E-state index in [0.717, 1.165) is 5.56 Å². The highest BCUT2D eigenvalue weighted by Gasteiger charge is 2.26. The Morgan fingerprint density at radius 2 is 1.38 bits per heavy atom. The zero-order chi connectivity index (χ0) is 20.1. The van der Waals surface area contributed by atoms with Gasteiger partial charge in [0.1, 0.15) is 6.04 Å². The minimum absolute atomic E-state index is 0.142. The average molecular weight is 405 g/mol. The normalized spacial score (nSPS) is 12.6. The van der Waals surface area contributed by atoms with Gasteiger partial charge in [-0.05, 0) is 23.3 Å². The Bertz CT molecular complexity index is 1160. The molecule has 146 valence electrons. The molecule has 29 heavy (non-hydrogen) atoms. The lowest BCUT2D eigenvalue weighted by molar-refractivity contribution is 0.464. The third-order valence-electron chi connectivity index (χ3n) is 4.34. The number of benzene rings is 3. The fourth-order valence-corrected chi connectivity index (χ4v) is 4.28. The fraction of sp³-hybridized carbons (Fsp3) is 0.0909. The van der Waals surface area contributed by atoms with E-state index in [1.54, 1.807) is 12.1 Å². The summed E-state index contributed by atoms with van der Waals surface area (Å²) in [6, 6.07) is 26.8. The monoisotopic (exact) mass is 405 g/mol. The van der Waals surface area contributed by atoms with Crippen molar-refractivity contribution in [1.82, 2.24) is 14.9 Å². The van der Waals surface area contributed by atoms with Crippen LogP contribution in [0.25, 0.3) is 11.5 Å². The highest BCUT2D eigenvalue weighted by Crippen LogP contribution is 2.26. The van der Waals surface area contributed by atoms with Crippen LogP contribution < -0.4 is 4.72 Å². The van der Waals surface area contributed by atoms with E-state index in [1.807, 2.05) is 78.9 Å². The molecule has 1 N–H and O–H groups in total. The predicted octanol–water partition coefficient (Wildman–Crippen LogP) is 3.95. The molecule has 0 saturated carbocycles. The van der Waals surface area contributed by atoms with Crippen LogP contribution >= 0.6 is 0 Å². The molecule has 0 aliphatic carbocycles. The number of sulfonamides is 1. The highest BCUT2D eigenvalue weighted by atomic mass is 32.2. The van der Waals surface area contributed by atoms with Crippen molar-refractivity contribution in [3.05, 3.63) is 108 Å². The van der Waals surface area contributed by atoms with E-state index in [0.29, 0.717) is 17.0 Å². The fourth-order valence-electron chi connectivity index (χ4n) is 2.97. The third kappa shape index (κ3) is 4.77. The van der Waals surface area contributed by atoms with E-state index in [-0.39, 0.29) is 11.6 Å². The number of nitrogens with one attached hydrogen (secondary N) is 1. The maximum absolute atomic E-state index is 12.8. The van der Waals surface area contributed by atoms with Crippen molar-refractivity contribution in [2.45, 2.75) is 11.8 Å². The van der Waals surface area contributed by atoms with Gasteiger partial charge in [-0.1, -0.05) is 78.9 Å². The molecule has 4 rings (SSSR count). The van der Waals surface area contributed by atoms with E-state index in [1.165, 1.54) is 0 Å². The van der Waals surface area contributed by atoms with Gasteiger partial charge >= 0.3 is 0 Å². The minimum Gasteiger partial charge on any atom is -0.419 e. The number of nitrogens with zero attached hydrogens (tertiary/aromatic N) is 2. The van der Waals surface area contributed by atoms with Crippen LogP contribution in [0.5, 0.6) is 0 Å². The molecule has 0 amide bonds. The van der Waals surface area contributed by atoms with Crippen LogP contribution in [0.3, 0.4) is 0 Å². The maximum atomic E-state index is 12.8. The SMILES string of the molecule is O=S(=O)(Cc1ccccc1)NC(c1ccccc1)c1nnc(-c2ccccc2)o1. The number of aromatic nitrogens is 2. The van der Waals surface area contributed by atoms with Crippen LogP contribution in [-0.2, 0) is 15.8 Å². The first kappa shape index (κ1) is 19.0. The Hall–Kier alpha value is -3.29. The van der Waals surface area contributed by atoms with E-state index in [2.05, 4.69) is 14.9 Å². The molecule has 7 heteroatoms. The zero-order valence-corrected chi connectivity index (χ0v) is 16.3. The summed E-state index contributed by atoms with van der Waals surface area (Å²) in [6.07, 6.45) is 0. The van der Waals surface area contributed by atoms with Crippen molar-refractivity contribution in [2.75, 3.05) is 0 Å². The Kier molecular flexibility index (Phi) is 5.50. The van der Waals surface area contributed by atoms with Gasteiger partial charge in [-0.25, -0.2) is 8.42 Å². The molecule has 3 aromatic carbocycles. The van der Waals surface area contributed by atoms with Crippen LogP contribution in [0.1, 0.15) is 23.1 Å². The van der Waals surface area contributed by atoms with Gasteiger partial charge in [-0.3, -0.25) is 0 Å². The summed E-state index contributed by atoms with van der Waals surface area (Å²) >= 11 is 0. The van der Waals surface area contributed by atoms with Gasteiger partial charge in [0.05, 0.1) is 5.75 Å². The van der Waals surface area contributed by atoms with Crippen LogP contribution in [0.15, 0.2) is 95.4 Å². The Labute approximate surface area is 169 Å². The topological polar surface area (TPSA) is 85.1 Å². The average Bonchev–Trinajstić information content (AvgIpc) is 3.24. The van der Waals surface area contributed by atoms with Gasteiger partial charge in [0.25, 0.3) is 0 Å². The molecule has 1 unspecified atom stereocenters. The van der Waals surface area contributed by atoms with E-state index < -0.39 is 16.1 Å². The molecule has 0 aliphatic rings. The van der Waals surface area contributed by atoms with Gasteiger partial charge in [0.2, 0.25) is 21.8 Å². The Morgan fingerprint density at radius 1 is 0.793 bits per heavy atom. The second-order valence-corrected chi connectivity index (χ2v) is 8.27. The molecule has 1 atom stereocenters. The zero-order valence-electron chi connectivity index (χ0n) is 15.5. The first-order chi connectivity index (χ1) is 14.1. The summed E-state index contributed by atoms with van der Waals surface area (Å²) < 4.78 is 34.2. The number of hydrogen-bond acceptors (Lipinski definition) is 5. The van der Waals surface area contributed by atoms with Crippen LogP contribution in [0, 0.1) is 0 Å². The quantitative estimate of drug-likeness (QED) is 0.503. The smallest absolute Gasteiger partial charge is 0.247 e. The summed E-state index contributed by atoms with van der Waals surface area (Å²) in [5.41, 5.74) is 2.18. The molecule has 1 heterocycles. The van der Waals surface area contributed by atoms with Gasteiger partial charge in [0, 0.05) is 5.56 Å². The van der Waals surface area contributed by atoms with Gasteiger partial charge in [-0.15, -0.1) is 10.2 Å². The largest absolute Gasteiger partial charge is 0.419 e. The van der Waals surface area contributed by atoms with Crippen molar-refractivity contribution < 1.29 is 12.8 Å². The molecule has 0 radical (unpaired) electrons. The van der Waals surface area contributed by atoms with Crippen molar-refractivity contribution in [1.29, 1.82) is 0 Å². The molecule has 0 saturated heterocycles. The molecular weight excluding hydrogens is 386 g/mol. The number of hydrogen-bond donors (Lipinski definition) is 1. The van der Waals surface area contributed by atoms with E-state index in [9.17, 15) is 8.42 Å². The molecule has 6 nitrogen and oxygen atoms in total. The lowest BCUT2D eigenvalue weighted by atomic mass is 10.1. The van der Waals surface area contributed by atoms with E-state index in [4.69, 9.17) is 4.42 Å². The predicted molar refractivity (Wildman–Crippen MR) is 110 cm³/mol. The molecule has 4 aromatic rings. The highest BCUT2D eigenvalue weighted by molar-refractivity contribution is 7.88. The van der Waals surface area contributed by atoms with Crippen molar-refractivity contribution in [3.63, 3.8) is 0 Å². The van der Waals surface area contributed by atoms with Crippen LogP contribution in [-0.4, -0.2) is 18.6 Å². The summed E-state index contributed by atoms with van der Waals surface area (Å²) in [4.78, 5) is 0. The number of rotatable bonds is 7. The molecular formula is C22H19N3O3S. The summed E-state index contributed by atoms with van der Waals surface area (Å²) in [5, 5.41) is 8.21. The Balaban J connectivity index is 1.65. The van der Waals surface area contributed by atoms with Gasteiger partial charge in [-0.2, -0.15) is 4.72 Å². The second-order valence-electron chi connectivity index (χ2n) is 6.52. The van der Waals surface area contributed by atoms with Crippen molar-refractivity contribution >= 4 is 10.0 Å². The molecule has 0 aliphatic heterocycles.